The molecule has 118 valence electrons. The molecule has 0 bridgehead atoms. The third-order valence-corrected chi connectivity index (χ3v) is 5.40. The number of nitrogens with zero attached hydrogens (tertiary/aromatic N) is 1. The minimum Gasteiger partial charge on any atom is -0.478 e. The van der Waals surface area contributed by atoms with Crippen molar-refractivity contribution >= 4 is 23.4 Å². The van der Waals surface area contributed by atoms with Crippen LogP contribution in [0.2, 0.25) is 5.02 Å². The van der Waals surface area contributed by atoms with Gasteiger partial charge in [0, 0.05) is 6.42 Å². The van der Waals surface area contributed by atoms with Gasteiger partial charge in [-0.2, -0.15) is 0 Å². The predicted octanol–water partition coefficient (Wildman–Crippen LogP) is 4.25. The number of pyridine rings is 1. The largest absolute Gasteiger partial charge is 0.478 e. The highest BCUT2D eigenvalue weighted by atomic mass is 35.5. The van der Waals surface area contributed by atoms with E-state index >= 15 is 0 Å². The number of fused-ring (bicyclic) bond motifs is 1. The lowest BCUT2D eigenvalue weighted by Gasteiger charge is -2.34. The summed E-state index contributed by atoms with van der Waals surface area (Å²) >= 11 is 6.32. The zero-order valence-corrected chi connectivity index (χ0v) is 13.7. The van der Waals surface area contributed by atoms with Crippen LogP contribution in [0.5, 0.6) is 0 Å². The van der Waals surface area contributed by atoms with E-state index in [-0.39, 0.29) is 27.7 Å². The molecule has 2 aliphatic rings. The first-order valence-electron chi connectivity index (χ1n) is 7.83. The zero-order chi connectivity index (χ0) is 16.1. The molecule has 1 heterocycles. The molecule has 0 aromatic carbocycles. The van der Waals surface area contributed by atoms with Crippen LogP contribution in [0.15, 0.2) is 0 Å². The quantitative estimate of drug-likeness (QED) is 0.884. The molecule has 1 fully saturated rings. The second kappa shape index (κ2) is 5.34. The minimum atomic E-state index is -1.11. The maximum absolute atomic E-state index is 12.6. The van der Waals surface area contributed by atoms with Crippen molar-refractivity contribution in [1.82, 2.24) is 4.98 Å². The molecule has 22 heavy (non-hydrogen) atoms. The number of carboxylic acid groups (broad SMARTS) is 1. The number of Topliss-reactive ketones (excluding diaryl/α,β-unsaturated/α-hetero) is 1. The van der Waals surface area contributed by atoms with Gasteiger partial charge in [0.1, 0.15) is 5.56 Å². The summed E-state index contributed by atoms with van der Waals surface area (Å²) in [5, 5.41) is 9.53. The van der Waals surface area contributed by atoms with Gasteiger partial charge in [0.15, 0.2) is 5.78 Å². The average Bonchev–Trinajstić information content (AvgIpc) is 2.84. The molecule has 5 heteroatoms. The van der Waals surface area contributed by atoms with Gasteiger partial charge in [-0.3, -0.25) is 9.78 Å². The molecule has 3 rings (SSSR count). The number of hydrogen-bond acceptors (Lipinski definition) is 3. The van der Waals surface area contributed by atoms with E-state index in [1.807, 2.05) is 13.8 Å². The maximum Gasteiger partial charge on any atom is 0.339 e. The lowest BCUT2D eigenvalue weighted by molar-refractivity contribution is 0.0694. The number of aromatic nitrogens is 1. The second-order valence-electron chi connectivity index (χ2n) is 6.95. The first-order valence-corrected chi connectivity index (χ1v) is 8.21. The Morgan fingerprint density at radius 3 is 2.45 bits per heavy atom. The van der Waals surface area contributed by atoms with Gasteiger partial charge in [-0.05, 0) is 30.6 Å². The van der Waals surface area contributed by atoms with Gasteiger partial charge < -0.3 is 5.11 Å². The number of rotatable bonds is 2. The first-order chi connectivity index (χ1) is 10.3. The van der Waals surface area contributed by atoms with Gasteiger partial charge in [0.2, 0.25) is 0 Å². The molecular formula is C17H20ClNO3. The van der Waals surface area contributed by atoms with Gasteiger partial charge in [-0.25, -0.2) is 4.79 Å². The molecule has 1 aromatic heterocycles. The Morgan fingerprint density at radius 1 is 1.27 bits per heavy atom. The van der Waals surface area contributed by atoms with Crippen LogP contribution in [-0.4, -0.2) is 21.8 Å². The van der Waals surface area contributed by atoms with E-state index in [1.54, 1.807) is 0 Å². The standard InChI is InChI=1S/C17H20ClNO3/c1-9(2)15-13(16(21)22)14(18)12-10(19-15)7-17(8-11(12)20)5-3-4-6-17/h9H,3-8H2,1-2H3,(H,21,22). The van der Waals surface area contributed by atoms with Crippen LogP contribution in [0, 0.1) is 5.41 Å². The Labute approximate surface area is 134 Å². The molecule has 0 radical (unpaired) electrons. The van der Waals surface area contributed by atoms with Crippen LogP contribution in [0.25, 0.3) is 0 Å². The van der Waals surface area contributed by atoms with Crippen molar-refractivity contribution in [3.8, 4) is 0 Å². The number of carbonyl (C=O) groups excluding carboxylic acids is 1. The van der Waals surface area contributed by atoms with Gasteiger partial charge in [-0.1, -0.05) is 38.3 Å². The van der Waals surface area contributed by atoms with Crippen molar-refractivity contribution in [2.75, 3.05) is 0 Å². The van der Waals surface area contributed by atoms with Crippen molar-refractivity contribution in [2.45, 2.75) is 58.3 Å². The van der Waals surface area contributed by atoms with Crippen molar-refractivity contribution < 1.29 is 14.7 Å². The Morgan fingerprint density at radius 2 is 1.91 bits per heavy atom. The third-order valence-electron chi connectivity index (χ3n) is 5.02. The van der Waals surface area contributed by atoms with Crippen LogP contribution < -0.4 is 0 Å². The fraction of sp³-hybridized carbons (Fsp3) is 0.588. The van der Waals surface area contributed by atoms with Gasteiger partial charge >= 0.3 is 5.97 Å². The number of carboxylic acids is 1. The van der Waals surface area contributed by atoms with Crippen molar-refractivity contribution in [2.24, 2.45) is 5.41 Å². The molecule has 1 aromatic rings. The third kappa shape index (κ3) is 2.34. The Balaban J connectivity index is 2.19. The van der Waals surface area contributed by atoms with Crippen LogP contribution in [0.3, 0.4) is 0 Å². The Hall–Kier alpha value is -1.42. The second-order valence-corrected chi connectivity index (χ2v) is 7.33. The summed E-state index contributed by atoms with van der Waals surface area (Å²) in [5.41, 5.74) is 1.56. The van der Waals surface area contributed by atoms with Crippen LogP contribution >= 0.6 is 11.6 Å². The minimum absolute atomic E-state index is 0.00820. The Kier molecular flexibility index (Phi) is 3.76. The van der Waals surface area contributed by atoms with E-state index < -0.39 is 5.97 Å². The summed E-state index contributed by atoms with van der Waals surface area (Å²) in [5.74, 6) is -1.21. The van der Waals surface area contributed by atoms with E-state index in [9.17, 15) is 14.7 Å². The van der Waals surface area contributed by atoms with Crippen LogP contribution in [0.1, 0.15) is 84.0 Å². The fourth-order valence-corrected chi connectivity index (χ4v) is 4.37. The monoisotopic (exact) mass is 321 g/mol. The zero-order valence-electron chi connectivity index (χ0n) is 12.9. The predicted molar refractivity (Wildman–Crippen MR) is 83.8 cm³/mol. The van der Waals surface area contributed by atoms with Crippen molar-refractivity contribution in [1.29, 1.82) is 0 Å². The smallest absolute Gasteiger partial charge is 0.339 e. The van der Waals surface area contributed by atoms with Gasteiger partial charge in [0.05, 0.1) is 22.0 Å². The number of halogens is 1. The lowest BCUT2D eigenvalue weighted by atomic mass is 9.71. The first kappa shape index (κ1) is 15.5. The number of aromatic carboxylic acids is 1. The molecule has 1 saturated carbocycles. The fourth-order valence-electron chi connectivity index (χ4n) is 3.98. The van der Waals surface area contributed by atoms with Crippen LogP contribution in [0.4, 0.5) is 0 Å². The molecule has 0 amide bonds. The summed E-state index contributed by atoms with van der Waals surface area (Å²) < 4.78 is 0. The highest BCUT2D eigenvalue weighted by Crippen LogP contribution is 2.49. The highest BCUT2D eigenvalue weighted by Gasteiger charge is 2.43. The maximum atomic E-state index is 12.6. The van der Waals surface area contributed by atoms with E-state index in [0.29, 0.717) is 23.4 Å². The molecule has 0 atom stereocenters. The molecule has 0 saturated heterocycles. The molecule has 0 aliphatic heterocycles. The lowest BCUT2D eigenvalue weighted by Crippen LogP contribution is -2.32. The summed E-state index contributed by atoms with van der Waals surface area (Å²) in [6, 6.07) is 0. The molecule has 2 aliphatic carbocycles. The number of carbonyl (C=O) groups is 2. The molecule has 1 N–H and O–H groups in total. The van der Waals surface area contributed by atoms with E-state index in [1.165, 1.54) is 0 Å². The summed E-state index contributed by atoms with van der Waals surface area (Å²) in [6.45, 7) is 3.79. The van der Waals surface area contributed by atoms with E-state index in [4.69, 9.17) is 11.6 Å². The summed E-state index contributed by atoms with van der Waals surface area (Å²) in [7, 11) is 0. The van der Waals surface area contributed by atoms with Crippen LogP contribution in [-0.2, 0) is 6.42 Å². The topological polar surface area (TPSA) is 67.3 Å². The van der Waals surface area contributed by atoms with E-state index in [0.717, 1.165) is 32.1 Å². The molecule has 4 nitrogen and oxygen atoms in total. The summed E-state index contributed by atoms with van der Waals surface area (Å²) in [4.78, 5) is 28.7. The molecule has 0 unspecified atom stereocenters. The van der Waals surface area contributed by atoms with Crippen molar-refractivity contribution in [3.63, 3.8) is 0 Å². The summed E-state index contributed by atoms with van der Waals surface area (Å²) in [6.07, 6.45) is 5.63. The molecular weight excluding hydrogens is 302 g/mol. The molecule has 1 spiro atoms. The van der Waals surface area contributed by atoms with Gasteiger partial charge in [0.25, 0.3) is 0 Å². The average molecular weight is 322 g/mol. The SMILES string of the molecule is CC(C)c1nc2c(c(Cl)c1C(=O)O)C(=O)CC1(CCCC1)C2. The Bertz CT molecular complexity index is 660. The van der Waals surface area contributed by atoms with E-state index in [2.05, 4.69) is 4.98 Å². The normalized spacial score (nSPS) is 19.7. The van der Waals surface area contributed by atoms with Gasteiger partial charge in [-0.15, -0.1) is 0 Å². The highest BCUT2D eigenvalue weighted by molar-refractivity contribution is 6.37. The number of hydrogen-bond donors (Lipinski definition) is 1. The van der Waals surface area contributed by atoms with Crippen molar-refractivity contribution in [3.05, 3.63) is 27.5 Å². The number of ketones is 1.